The highest BCUT2D eigenvalue weighted by Crippen LogP contribution is 2.33. The van der Waals surface area contributed by atoms with E-state index in [1.807, 2.05) is 0 Å². The number of aliphatic hydroxyl groups excluding tert-OH is 1. The lowest BCUT2D eigenvalue weighted by Gasteiger charge is -2.27. The van der Waals surface area contributed by atoms with Gasteiger partial charge in [-0.05, 0) is 87.9 Å². The van der Waals surface area contributed by atoms with Gasteiger partial charge in [0.2, 0.25) is 0 Å². The van der Waals surface area contributed by atoms with Gasteiger partial charge in [0.15, 0.2) is 0 Å². The van der Waals surface area contributed by atoms with Gasteiger partial charge in [0, 0.05) is 0 Å². The van der Waals surface area contributed by atoms with Crippen LogP contribution in [0.3, 0.4) is 0 Å². The van der Waals surface area contributed by atoms with Crippen LogP contribution in [0.25, 0.3) is 0 Å². The molecular weight excluding hydrogens is 328 g/mol. The Bertz CT molecular complexity index is 793. The van der Waals surface area contributed by atoms with Crippen LogP contribution in [0.2, 0.25) is 0 Å². The SMILES string of the molecule is Cc1c2cc(C(C)(C)C)cc1CCc1cc(C(C)(C)C)cc(c1CO)CC2. The Morgan fingerprint density at radius 1 is 0.667 bits per heavy atom. The maximum atomic E-state index is 10.1. The molecule has 1 aliphatic rings. The summed E-state index contributed by atoms with van der Waals surface area (Å²) in [6.45, 7) is 16.2. The van der Waals surface area contributed by atoms with Crippen molar-refractivity contribution in [1.82, 2.24) is 0 Å². The first-order chi connectivity index (χ1) is 12.5. The summed E-state index contributed by atoms with van der Waals surface area (Å²) in [6.07, 6.45) is 4.09. The lowest BCUT2D eigenvalue weighted by Crippen LogP contribution is -2.17. The third kappa shape index (κ3) is 4.14. The Labute approximate surface area is 165 Å². The summed E-state index contributed by atoms with van der Waals surface area (Å²) in [5, 5.41) is 10.1. The summed E-state index contributed by atoms with van der Waals surface area (Å²) < 4.78 is 0. The quantitative estimate of drug-likeness (QED) is 0.661. The summed E-state index contributed by atoms with van der Waals surface area (Å²) in [4.78, 5) is 0. The summed E-state index contributed by atoms with van der Waals surface area (Å²) in [6, 6.07) is 9.54. The molecule has 2 aromatic carbocycles. The third-order valence-corrected chi connectivity index (χ3v) is 6.28. The topological polar surface area (TPSA) is 20.2 Å². The summed E-state index contributed by atoms with van der Waals surface area (Å²) >= 11 is 0. The predicted molar refractivity (Wildman–Crippen MR) is 116 cm³/mol. The average Bonchev–Trinajstić information content (AvgIpc) is 2.56. The van der Waals surface area contributed by atoms with Gasteiger partial charge in [-0.15, -0.1) is 0 Å². The lowest BCUT2D eigenvalue weighted by atomic mass is 9.78. The van der Waals surface area contributed by atoms with Gasteiger partial charge in [0.1, 0.15) is 0 Å². The van der Waals surface area contributed by atoms with Crippen LogP contribution < -0.4 is 0 Å². The second kappa shape index (κ2) is 7.09. The van der Waals surface area contributed by atoms with E-state index in [9.17, 15) is 5.11 Å². The summed E-state index contributed by atoms with van der Waals surface area (Å²) in [5.41, 5.74) is 11.4. The zero-order valence-electron chi connectivity index (χ0n) is 18.3. The van der Waals surface area contributed by atoms with Crippen molar-refractivity contribution in [2.45, 2.75) is 91.6 Å². The molecule has 0 heterocycles. The van der Waals surface area contributed by atoms with E-state index < -0.39 is 0 Å². The Morgan fingerprint density at radius 3 is 1.33 bits per heavy atom. The largest absolute Gasteiger partial charge is 0.392 e. The molecule has 1 nitrogen and oxygen atoms in total. The van der Waals surface area contributed by atoms with Crippen molar-refractivity contribution in [3.8, 4) is 0 Å². The molecule has 0 fully saturated rings. The average molecular weight is 365 g/mol. The van der Waals surface area contributed by atoms with Crippen molar-refractivity contribution < 1.29 is 5.11 Å². The van der Waals surface area contributed by atoms with Gasteiger partial charge in [-0.3, -0.25) is 0 Å². The number of rotatable bonds is 1. The third-order valence-electron chi connectivity index (χ3n) is 6.28. The van der Waals surface area contributed by atoms with E-state index in [-0.39, 0.29) is 17.4 Å². The minimum Gasteiger partial charge on any atom is -0.392 e. The predicted octanol–water partition coefficient (Wildman–Crippen LogP) is 5.97. The molecule has 0 radical (unpaired) electrons. The minimum absolute atomic E-state index is 0.130. The smallest absolute Gasteiger partial charge is 0.0687 e. The van der Waals surface area contributed by atoms with Crippen molar-refractivity contribution in [3.63, 3.8) is 0 Å². The van der Waals surface area contributed by atoms with E-state index in [1.165, 1.54) is 44.5 Å². The molecule has 0 saturated heterocycles. The molecule has 146 valence electrons. The first kappa shape index (κ1) is 20.1. The minimum atomic E-state index is 0.130. The molecule has 0 saturated carbocycles. The molecule has 0 spiro atoms. The Balaban J connectivity index is 2.13. The molecule has 1 heteroatoms. The maximum Gasteiger partial charge on any atom is 0.0687 e. The van der Waals surface area contributed by atoms with Crippen molar-refractivity contribution in [1.29, 1.82) is 0 Å². The zero-order chi connectivity index (χ0) is 20.0. The van der Waals surface area contributed by atoms with Crippen LogP contribution >= 0.6 is 0 Å². The first-order valence-corrected chi connectivity index (χ1v) is 10.4. The highest BCUT2D eigenvalue weighted by atomic mass is 16.3. The number of aliphatic hydroxyl groups is 1. The number of aryl methyl sites for hydroxylation is 4. The highest BCUT2D eigenvalue weighted by molar-refractivity contribution is 5.46. The van der Waals surface area contributed by atoms with Gasteiger partial charge in [0.05, 0.1) is 6.61 Å². The van der Waals surface area contributed by atoms with Crippen LogP contribution in [0.4, 0.5) is 0 Å². The Morgan fingerprint density at radius 2 is 1.00 bits per heavy atom. The van der Waals surface area contributed by atoms with E-state index in [4.69, 9.17) is 0 Å². The van der Waals surface area contributed by atoms with Crippen LogP contribution in [0.1, 0.15) is 86.1 Å². The number of benzene rings is 2. The molecule has 2 aromatic rings. The summed E-state index contributed by atoms with van der Waals surface area (Å²) in [7, 11) is 0. The van der Waals surface area contributed by atoms with E-state index >= 15 is 0 Å². The van der Waals surface area contributed by atoms with Crippen molar-refractivity contribution in [2.24, 2.45) is 0 Å². The van der Waals surface area contributed by atoms with Crippen molar-refractivity contribution in [3.05, 3.63) is 68.8 Å². The van der Waals surface area contributed by atoms with Crippen LogP contribution in [-0.2, 0) is 43.1 Å². The second-order valence-corrected chi connectivity index (χ2v) is 10.4. The van der Waals surface area contributed by atoms with Crippen LogP contribution in [0, 0.1) is 6.92 Å². The fraction of sp³-hybridized carbons (Fsp3) is 0.538. The highest BCUT2D eigenvalue weighted by Gasteiger charge is 2.22. The van der Waals surface area contributed by atoms with Crippen LogP contribution in [0.5, 0.6) is 0 Å². The monoisotopic (exact) mass is 364 g/mol. The molecule has 0 amide bonds. The van der Waals surface area contributed by atoms with E-state index in [0.717, 1.165) is 25.7 Å². The molecule has 1 aliphatic carbocycles. The fourth-order valence-electron chi connectivity index (χ4n) is 4.21. The van der Waals surface area contributed by atoms with Gasteiger partial charge >= 0.3 is 0 Å². The normalized spacial score (nSPS) is 15.0. The molecule has 4 bridgehead atoms. The van der Waals surface area contributed by atoms with Gasteiger partial charge in [-0.2, -0.15) is 0 Å². The van der Waals surface area contributed by atoms with Gasteiger partial charge < -0.3 is 5.11 Å². The molecule has 0 unspecified atom stereocenters. The van der Waals surface area contributed by atoms with Crippen LogP contribution in [-0.4, -0.2) is 5.11 Å². The van der Waals surface area contributed by atoms with Crippen molar-refractivity contribution in [2.75, 3.05) is 0 Å². The maximum absolute atomic E-state index is 10.1. The second-order valence-electron chi connectivity index (χ2n) is 10.4. The molecule has 0 atom stereocenters. The lowest BCUT2D eigenvalue weighted by molar-refractivity contribution is 0.279. The molecule has 0 aromatic heterocycles. The number of hydrogen-bond acceptors (Lipinski definition) is 1. The standard InChI is InChI=1S/C26H36O/c1-17-18-8-10-20-14-23(26(5,6)7)15-21(24(20)16-27)11-9-19(17)13-22(12-18)25(2,3)4/h12-15,27H,8-11,16H2,1-7H3. The molecule has 0 aliphatic heterocycles. The van der Waals surface area contributed by atoms with Crippen LogP contribution in [0.15, 0.2) is 24.3 Å². The fourth-order valence-corrected chi connectivity index (χ4v) is 4.21. The van der Waals surface area contributed by atoms with Gasteiger partial charge in [-0.1, -0.05) is 65.8 Å². The van der Waals surface area contributed by atoms with Gasteiger partial charge in [-0.25, -0.2) is 0 Å². The van der Waals surface area contributed by atoms with E-state index in [2.05, 4.69) is 72.7 Å². The van der Waals surface area contributed by atoms with E-state index in [0.29, 0.717) is 0 Å². The zero-order valence-corrected chi connectivity index (χ0v) is 18.3. The molecular formula is C26H36O. The molecule has 27 heavy (non-hydrogen) atoms. The Hall–Kier alpha value is -1.60. The van der Waals surface area contributed by atoms with Gasteiger partial charge in [0.25, 0.3) is 0 Å². The number of hydrogen-bond donors (Lipinski definition) is 1. The number of fused-ring (bicyclic) bond motifs is 4. The summed E-state index contributed by atoms with van der Waals surface area (Å²) in [5.74, 6) is 0. The molecule has 1 N–H and O–H groups in total. The first-order valence-electron chi connectivity index (χ1n) is 10.4. The van der Waals surface area contributed by atoms with E-state index in [1.54, 1.807) is 0 Å². The molecule has 3 rings (SSSR count). The van der Waals surface area contributed by atoms with Crippen molar-refractivity contribution >= 4 is 0 Å². The Kier molecular flexibility index (Phi) is 5.29.